The number of nitrogens with zero attached hydrogens (tertiary/aromatic N) is 5. The second kappa shape index (κ2) is 8.78. The van der Waals surface area contributed by atoms with Crippen LogP contribution in [0.15, 0.2) is 42.1 Å². The van der Waals surface area contributed by atoms with Crippen LogP contribution < -0.4 is 5.32 Å². The van der Waals surface area contributed by atoms with Gasteiger partial charge in [-0.1, -0.05) is 48.2 Å². The summed E-state index contributed by atoms with van der Waals surface area (Å²) in [6, 6.07) is 6.91. The highest BCUT2D eigenvalue weighted by atomic mass is 32.2. The van der Waals surface area contributed by atoms with E-state index in [1.54, 1.807) is 28.8 Å². The minimum Gasteiger partial charge on any atom is -0.507 e. The molecule has 140 valence electrons. The second-order valence-corrected chi connectivity index (χ2v) is 7.42. The zero-order chi connectivity index (χ0) is 19.2. The van der Waals surface area contributed by atoms with Gasteiger partial charge in [0.1, 0.15) is 10.8 Å². The molecule has 10 heteroatoms. The molecule has 2 N–H and O–H groups in total. The molecule has 0 radical (unpaired) electrons. The molecule has 0 aliphatic heterocycles. The van der Waals surface area contributed by atoms with E-state index >= 15 is 0 Å². The molecule has 8 nitrogen and oxygen atoms in total. The minimum atomic E-state index is -0.198. The second-order valence-electron chi connectivity index (χ2n) is 5.41. The zero-order valence-electron chi connectivity index (χ0n) is 14.6. The number of nitrogens with one attached hydrogen (secondary N) is 1. The monoisotopic (exact) mass is 402 g/mol. The van der Waals surface area contributed by atoms with Crippen LogP contribution in [0.25, 0.3) is 11.4 Å². The van der Waals surface area contributed by atoms with E-state index in [4.69, 9.17) is 0 Å². The fourth-order valence-corrected chi connectivity index (χ4v) is 3.73. The van der Waals surface area contributed by atoms with Gasteiger partial charge < -0.3 is 5.11 Å². The molecular weight excluding hydrogens is 384 g/mol. The lowest BCUT2D eigenvalue weighted by molar-refractivity contribution is -0.113. The first-order valence-corrected chi connectivity index (χ1v) is 10.00. The molecular formula is C17H18N6O2S2. The average molecular weight is 403 g/mol. The van der Waals surface area contributed by atoms with Gasteiger partial charge in [-0.2, -0.15) is 0 Å². The molecule has 27 heavy (non-hydrogen) atoms. The van der Waals surface area contributed by atoms with Crippen molar-refractivity contribution in [3.63, 3.8) is 0 Å². The maximum absolute atomic E-state index is 12.2. The zero-order valence-corrected chi connectivity index (χ0v) is 16.3. The Morgan fingerprint density at radius 2 is 2.15 bits per heavy atom. The van der Waals surface area contributed by atoms with Crippen molar-refractivity contribution in [1.82, 2.24) is 25.0 Å². The molecule has 0 bridgehead atoms. The van der Waals surface area contributed by atoms with Gasteiger partial charge in [0, 0.05) is 6.54 Å². The van der Waals surface area contributed by atoms with E-state index in [2.05, 4.69) is 32.3 Å². The summed E-state index contributed by atoms with van der Waals surface area (Å²) in [5, 5.41) is 31.0. The highest BCUT2D eigenvalue weighted by Gasteiger charge is 2.17. The number of carbonyl (C=O) groups is 1. The van der Waals surface area contributed by atoms with E-state index in [-0.39, 0.29) is 17.4 Å². The summed E-state index contributed by atoms with van der Waals surface area (Å²) in [5.41, 5.74) is 0.573. The molecule has 0 saturated heterocycles. The predicted molar refractivity (Wildman–Crippen MR) is 106 cm³/mol. The van der Waals surface area contributed by atoms with Crippen LogP contribution in [0.3, 0.4) is 0 Å². The lowest BCUT2D eigenvalue weighted by Gasteiger charge is -2.08. The highest BCUT2D eigenvalue weighted by Crippen LogP contribution is 2.30. The Hall–Kier alpha value is -2.72. The fourth-order valence-electron chi connectivity index (χ4n) is 2.28. The van der Waals surface area contributed by atoms with Gasteiger partial charge in [-0.25, -0.2) is 0 Å². The van der Waals surface area contributed by atoms with Crippen molar-refractivity contribution in [1.29, 1.82) is 0 Å². The van der Waals surface area contributed by atoms with Crippen LogP contribution in [0.1, 0.15) is 11.9 Å². The number of phenolic OH excluding ortho intramolecular Hbond substituents is 1. The van der Waals surface area contributed by atoms with Gasteiger partial charge in [0.2, 0.25) is 11.0 Å². The van der Waals surface area contributed by atoms with Crippen LogP contribution >= 0.6 is 23.1 Å². The molecule has 0 aliphatic carbocycles. The Bertz CT molecular complexity index is 953. The summed E-state index contributed by atoms with van der Waals surface area (Å²) in [5.74, 6) is 0.591. The normalized spacial score (nSPS) is 10.7. The van der Waals surface area contributed by atoms with Gasteiger partial charge >= 0.3 is 0 Å². The number of hydrogen-bond acceptors (Lipinski definition) is 8. The first kappa shape index (κ1) is 19.1. The largest absolute Gasteiger partial charge is 0.507 e. The Labute approximate surface area is 164 Å². The molecule has 3 aromatic rings. The van der Waals surface area contributed by atoms with Crippen LogP contribution in [0.5, 0.6) is 5.75 Å². The smallest absolute Gasteiger partial charge is 0.236 e. The van der Waals surface area contributed by atoms with Crippen molar-refractivity contribution >= 4 is 34.1 Å². The number of rotatable bonds is 8. The Balaban J connectivity index is 1.72. The predicted octanol–water partition coefficient (Wildman–Crippen LogP) is 2.98. The topological polar surface area (TPSA) is 106 Å². The van der Waals surface area contributed by atoms with Crippen LogP contribution in [-0.2, 0) is 17.8 Å². The lowest BCUT2D eigenvalue weighted by atomic mass is 10.2. The van der Waals surface area contributed by atoms with E-state index < -0.39 is 0 Å². The number of hydrogen-bond donors (Lipinski definition) is 2. The number of para-hydroxylation sites is 1. The maximum atomic E-state index is 12.2. The van der Waals surface area contributed by atoms with Crippen LogP contribution in [0.4, 0.5) is 5.13 Å². The summed E-state index contributed by atoms with van der Waals surface area (Å²) >= 11 is 2.61. The number of aromatic nitrogens is 5. The van der Waals surface area contributed by atoms with Gasteiger partial charge in [0.15, 0.2) is 11.0 Å². The molecule has 2 heterocycles. The van der Waals surface area contributed by atoms with Crippen molar-refractivity contribution in [2.45, 2.75) is 25.0 Å². The van der Waals surface area contributed by atoms with E-state index in [0.717, 1.165) is 11.4 Å². The van der Waals surface area contributed by atoms with Crippen molar-refractivity contribution in [2.24, 2.45) is 0 Å². The summed E-state index contributed by atoms with van der Waals surface area (Å²) in [7, 11) is 0. The summed E-state index contributed by atoms with van der Waals surface area (Å²) in [6.07, 6.45) is 2.49. The van der Waals surface area contributed by atoms with Gasteiger partial charge in [0.25, 0.3) is 0 Å². The number of benzene rings is 1. The number of phenols is 1. The molecule has 1 amide bonds. The SMILES string of the molecule is C=CCn1c(SCC(=O)Nc2nnc(CC)s2)nnc1-c1ccccc1O. The first-order chi connectivity index (χ1) is 13.1. The van der Waals surface area contributed by atoms with E-state index in [0.29, 0.717) is 28.2 Å². The molecule has 0 aliphatic rings. The maximum Gasteiger partial charge on any atom is 0.236 e. The highest BCUT2D eigenvalue weighted by molar-refractivity contribution is 7.99. The van der Waals surface area contributed by atoms with Crippen molar-refractivity contribution in [2.75, 3.05) is 11.1 Å². The van der Waals surface area contributed by atoms with Gasteiger partial charge in [0.05, 0.1) is 11.3 Å². The van der Waals surface area contributed by atoms with Gasteiger partial charge in [-0.3, -0.25) is 14.7 Å². The molecule has 2 aromatic heterocycles. The molecule has 0 unspecified atom stereocenters. The first-order valence-electron chi connectivity index (χ1n) is 8.19. The molecule has 3 rings (SSSR count). The number of aryl methyl sites for hydroxylation is 1. The number of anilines is 1. The van der Waals surface area contributed by atoms with E-state index in [1.165, 1.54) is 23.1 Å². The van der Waals surface area contributed by atoms with E-state index in [9.17, 15) is 9.90 Å². The Kier molecular flexibility index (Phi) is 6.20. The number of aromatic hydroxyl groups is 1. The van der Waals surface area contributed by atoms with Gasteiger partial charge in [-0.05, 0) is 18.6 Å². The summed E-state index contributed by atoms with van der Waals surface area (Å²) in [6.45, 7) is 6.19. The Morgan fingerprint density at radius 3 is 2.85 bits per heavy atom. The van der Waals surface area contributed by atoms with Crippen molar-refractivity contribution in [3.8, 4) is 17.1 Å². The minimum absolute atomic E-state index is 0.118. The quantitative estimate of drug-likeness (QED) is 0.441. The van der Waals surface area contributed by atoms with E-state index in [1.807, 2.05) is 13.0 Å². The molecule has 1 aromatic carbocycles. The molecule has 0 fully saturated rings. The average Bonchev–Trinajstić information content (AvgIpc) is 3.28. The Morgan fingerprint density at radius 1 is 1.33 bits per heavy atom. The third-order valence-electron chi connectivity index (χ3n) is 3.52. The summed E-state index contributed by atoms with van der Waals surface area (Å²) in [4.78, 5) is 12.2. The number of thioether (sulfide) groups is 1. The number of amides is 1. The van der Waals surface area contributed by atoms with Crippen molar-refractivity contribution in [3.05, 3.63) is 41.9 Å². The third kappa shape index (κ3) is 4.52. The van der Waals surface area contributed by atoms with Crippen molar-refractivity contribution < 1.29 is 9.90 Å². The standard InChI is InChI=1S/C17H18N6O2S2/c1-3-9-23-15(11-7-5-6-8-12(11)24)20-22-17(23)26-10-13(25)18-16-21-19-14(4-2)27-16/h3,5-8,24H,1,4,9-10H2,2H3,(H,18,21,25). The number of carbonyl (C=O) groups excluding carboxylic acids is 1. The van der Waals surface area contributed by atoms with Gasteiger partial charge in [-0.15, -0.1) is 27.0 Å². The molecule has 0 spiro atoms. The molecule has 0 atom stereocenters. The number of allylic oxidation sites excluding steroid dienone is 1. The third-order valence-corrected chi connectivity index (χ3v) is 5.47. The van der Waals surface area contributed by atoms with Crippen LogP contribution in [0, 0.1) is 0 Å². The van der Waals surface area contributed by atoms with Crippen LogP contribution in [0.2, 0.25) is 0 Å². The van der Waals surface area contributed by atoms with Crippen LogP contribution in [-0.4, -0.2) is 41.7 Å². The summed E-state index contributed by atoms with van der Waals surface area (Å²) < 4.78 is 1.81. The lowest BCUT2D eigenvalue weighted by Crippen LogP contribution is -2.14. The fraction of sp³-hybridized carbons (Fsp3) is 0.235. The molecule has 0 saturated carbocycles.